The molecule has 1 atom stereocenters. The van der Waals surface area contributed by atoms with Crippen molar-refractivity contribution >= 4 is 23.6 Å². The first kappa shape index (κ1) is 22.5. The van der Waals surface area contributed by atoms with Crippen LogP contribution in [0.5, 0.6) is 5.75 Å². The molecule has 2 aliphatic rings. The van der Waals surface area contributed by atoms with E-state index in [2.05, 4.69) is 10.6 Å². The number of methoxy groups -OCH3 is 1. The Kier molecular flexibility index (Phi) is 6.69. The highest BCUT2D eigenvalue weighted by Gasteiger charge is 2.37. The maximum Gasteiger partial charge on any atom is 0.261 e. The van der Waals surface area contributed by atoms with Crippen LogP contribution in [0, 0.1) is 0 Å². The molecule has 2 N–H and O–H groups in total. The summed E-state index contributed by atoms with van der Waals surface area (Å²) >= 11 is 0. The molecule has 9 nitrogen and oxygen atoms in total. The average molecular weight is 451 g/mol. The summed E-state index contributed by atoms with van der Waals surface area (Å²) in [7, 11) is 1.55. The number of benzene rings is 2. The third-order valence-electron chi connectivity index (χ3n) is 5.69. The van der Waals surface area contributed by atoms with Crippen molar-refractivity contribution in [2.75, 3.05) is 33.4 Å². The molecular weight excluding hydrogens is 426 g/mol. The predicted molar refractivity (Wildman–Crippen MR) is 118 cm³/mol. The normalized spacial score (nSPS) is 17.1. The van der Waals surface area contributed by atoms with Crippen LogP contribution < -0.4 is 15.4 Å². The maximum atomic E-state index is 12.7. The Hall–Kier alpha value is -3.72. The molecule has 1 fully saturated rings. The van der Waals surface area contributed by atoms with Gasteiger partial charge in [0.15, 0.2) is 0 Å². The zero-order valence-corrected chi connectivity index (χ0v) is 18.3. The van der Waals surface area contributed by atoms with Gasteiger partial charge in [0, 0.05) is 30.8 Å². The van der Waals surface area contributed by atoms with Crippen LogP contribution in [0.3, 0.4) is 0 Å². The molecule has 0 saturated carbocycles. The van der Waals surface area contributed by atoms with Crippen LogP contribution in [0.2, 0.25) is 0 Å². The highest BCUT2D eigenvalue weighted by molar-refractivity contribution is 6.22. The largest absolute Gasteiger partial charge is 0.497 e. The summed E-state index contributed by atoms with van der Waals surface area (Å²) in [5.74, 6) is -0.775. The minimum atomic E-state index is -0.410. The smallest absolute Gasteiger partial charge is 0.261 e. The van der Waals surface area contributed by atoms with Gasteiger partial charge < -0.3 is 20.1 Å². The van der Waals surface area contributed by atoms with Crippen molar-refractivity contribution in [1.82, 2.24) is 15.5 Å². The molecule has 2 aromatic carbocycles. The third kappa shape index (κ3) is 4.88. The Labute approximate surface area is 191 Å². The molecular formula is C24H25N3O6. The fourth-order valence-corrected chi connectivity index (χ4v) is 3.89. The number of nitrogens with zero attached hydrogens (tertiary/aromatic N) is 1. The number of amides is 4. The molecule has 4 amide bonds. The van der Waals surface area contributed by atoms with Crippen molar-refractivity contribution in [3.05, 3.63) is 64.7 Å². The molecule has 0 aromatic heterocycles. The lowest BCUT2D eigenvalue weighted by molar-refractivity contribution is 0.0475. The van der Waals surface area contributed by atoms with Gasteiger partial charge >= 0.3 is 0 Å². The molecule has 0 aliphatic carbocycles. The van der Waals surface area contributed by atoms with Gasteiger partial charge in [-0.05, 0) is 55.3 Å². The lowest BCUT2D eigenvalue weighted by Gasteiger charge is -2.17. The van der Waals surface area contributed by atoms with E-state index in [-0.39, 0.29) is 48.7 Å². The van der Waals surface area contributed by atoms with Crippen molar-refractivity contribution in [3.63, 3.8) is 0 Å². The number of hydrogen-bond acceptors (Lipinski definition) is 6. The fraction of sp³-hybridized carbons (Fsp3) is 0.333. The second-order valence-electron chi connectivity index (χ2n) is 7.86. The number of rotatable bonds is 8. The molecule has 0 radical (unpaired) electrons. The Morgan fingerprint density at radius 1 is 0.970 bits per heavy atom. The quantitative estimate of drug-likeness (QED) is 0.466. The first-order chi connectivity index (χ1) is 16.0. The van der Waals surface area contributed by atoms with Gasteiger partial charge in [-0.15, -0.1) is 0 Å². The summed E-state index contributed by atoms with van der Waals surface area (Å²) in [6, 6.07) is 11.2. The highest BCUT2D eigenvalue weighted by Crippen LogP contribution is 2.26. The summed E-state index contributed by atoms with van der Waals surface area (Å²) in [4.78, 5) is 51.2. The lowest BCUT2D eigenvalue weighted by Crippen LogP contribution is -2.36. The Morgan fingerprint density at radius 3 is 2.24 bits per heavy atom. The van der Waals surface area contributed by atoms with Gasteiger partial charge in [-0.1, -0.05) is 0 Å². The molecule has 9 heteroatoms. The molecule has 4 rings (SSSR count). The molecule has 33 heavy (non-hydrogen) atoms. The fourth-order valence-electron chi connectivity index (χ4n) is 3.89. The SMILES string of the molecule is COc1ccc(C(=O)NCCNC(=O)c2ccc3c(c2)C(=O)N(CC2CCCO2)C3=O)cc1. The van der Waals surface area contributed by atoms with Crippen LogP contribution in [-0.4, -0.2) is 68.0 Å². The van der Waals surface area contributed by atoms with Crippen molar-refractivity contribution < 1.29 is 28.7 Å². The topological polar surface area (TPSA) is 114 Å². The number of fused-ring (bicyclic) bond motifs is 1. The van der Waals surface area contributed by atoms with Gasteiger partial charge in [0.05, 0.1) is 30.9 Å². The van der Waals surface area contributed by atoms with E-state index in [1.807, 2.05) is 0 Å². The van der Waals surface area contributed by atoms with Crippen LogP contribution in [0.25, 0.3) is 0 Å². The van der Waals surface area contributed by atoms with E-state index in [0.717, 1.165) is 12.8 Å². The molecule has 1 unspecified atom stereocenters. The van der Waals surface area contributed by atoms with Crippen molar-refractivity contribution in [3.8, 4) is 5.75 Å². The van der Waals surface area contributed by atoms with E-state index in [4.69, 9.17) is 9.47 Å². The van der Waals surface area contributed by atoms with E-state index in [0.29, 0.717) is 23.5 Å². The highest BCUT2D eigenvalue weighted by atomic mass is 16.5. The van der Waals surface area contributed by atoms with E-state index >= 15 is 0 Å². The standard InChI is InChI=1S/C24H25N3O6/c1-32-17-7-4-15(5-8-17)21(28)25-10-11-26-22(29)16-6-9-19-20(13-16)24(31)27(23(19)30)14-18-3-2-12-33-18/h4-9,13,18H,2-3,10-12,14H2,1H3,(H,25,28)(H,26,29). The zero-order valence-electron chi connectivity index (χ0n) is 18.3. The van der Waals surface area contributed by atoms with Crippen LogP contribution in [0.15, 0.2) is 42.5 Å². The second kappa shape index (κ2) is 9.83. The second-order valence-corrected chi connectivity index (χ2v) is 7.86. The minimum absolute atomic E-state index is 0.136. The van der Waals surface area contributed by atoms with Crippen LogP contribution in [0.4, 0.5) is 0 Å². The Balaban J connectivity index is 1.30. The summed E-state index contributed by atoms with van der Waals surface area (Å²) < 4.78 is 10.6. The van der Waals surface area contributed by atoms with Gasteiger partial charge in [-0.3, -0.25) is 24.1 Å². The molecule has 2 aliphatic heterocycles. The van der Waals surface area contributed by atoms with E-state index in [1.165, 1.54) is 23.1 Å². The molecule has 0 bridgehead atoms. The molecule has 2 heterocycles. The summed E-state index contributed by atoms with van der Waals surface area (Å²) in [6.07, 6.45) is 1.59. The van der Waals surface area contributed by atoms with E-state index < -0.39 is 11.8 Å². The Bertz CT molecular complexity index is 1080. The molecule has 1 saturated heterocycles. The number of ether oxygens (including phenoxy) is 2. The molecule has 2 aromatic rings. The monoisotopic (exact) mass is 451 g/mol. The molecule has 172 valence electrons. The number of imide groups is 1. The summed E-state index contributed by atoms with van der Waals surface area (Å²) in [6.45, 7) is 1.30. The summed E-state index contributed by atoms with van der Waals surface area (Å²) in [5.41, 5.74) is 1.27. The van der Waals surface area contributed by atoms with Gasteiger partial charge in [0.25, 0.3) is 23.6 Å². The van der Waals surface area contributed by atoms with Crippen LogP contribution in [-0.2, 0) is 4.74 Å². The van der Waals surface area contributed by atoms with Crippen molar-refractivity contribution in [2.45, 2.75) is 18.9 Å². The number of hydrogen-bond donors (Lipinski definition) is 2. The van der Waals surface area contributed by atoms with E-state index in [1.54, 1.807) is 31.4 Å². The summed E-state index contributed by atoms with van der Waals surface area (Å²) in [5, 5.41) is 5.43. The lowest BCUT2D eigenvalue weighted by atomic mass is 10.1. The van der Waals surface area contributed by atoms with Crippen molar-refractivity contribution in [1.29, 1.82) is 0 Å². The Morgan fingerprint density at radius 2 is 1.61 bits per heavy atom. The van der Waals surface area contributed by atoms with Crippen LogP contribution >= 0.6 is 0 Å². The first-order valence-corrected chi connectivity index (χ1v) is 10.8. The average Bonchev–Trinajstić information content (AvgIpc) is 3.44. The minimum Gasteiger partial charge on any atom is -0.497 e. The van der Waals surface area contributed by atoms with Gasteiger partial charge in [0.1, 0.15) is 5.75 Å². The van der Waals surface area contributed by atoms with Gasteiger partial charge in [-0.2, -0.15) is 0 Å². The third-order valence-corrected chi connectivity index (χ3v) is 5.69. The predicted octanol–water partition coefficient (Wildman–Crippen LogP) is 1.63. The van der Waals surface area contributed by atoms with Gasteiger partial charge in [-0.25, -0.2) is 0 Å². The number of nitrogens with one attached hydrogen (secondary N) is 2. The number of carbonyl (C=O) groups is 4. The molecule has 0 spiro atoms. The van der Waals surface area contributed by atoms with Crippen molar-refractivity contribution in [2.24, 2.45) is 0 Å². The maximum absolute atomic E-state index is 12.7. The van der Waals surface area contributed by atoms with E-state index in [9.17, 15) is 19.2 Å². The van der Waals surface area contributed by atoms with Gasteiger partial charge in [0.2, 0.25) is 0 Å². The number of carbonyl (C=O) groups excluding carboxylic acids is 4. The first-order valence-electron chi connectivity index (χ1n) is 10.8. The van der Waals surface area contributed by atoms with Crippen LogP contribution in [0.1, 0.15) is 54.3 Å². The zero-order chi connectivity index (χ0) is 23.4.